The highest BCUT2D eigenvalue weighted by molar-refractivity contribution is 6.46. The van der Waals surface area contributed by atoms with Crippen LogP contribution in [0.1, 0.15) is 23.8 Å². The van der Waals surface area contributed by atoms with Gasteiger partial charge in [0.05, 0.1) is 26.9 Å². The predicted octanol–water partition coefficient (Wildman–Crippen LogP) is 0.603. The fourth-order valence-corrected chi connectivity index (χ4v) is 3.46. The summed E-state index contributed by atoms with van der Waals surface area (Å²) in [5.74, 6) is -0.933. The van der Waals surface area contributed by atoms with Gasteiger partial charge in [0.2, 0.25) is 5.78 Å². The fourth-order valence-electron chi connectivity index (χ4n) is 3.46. The van der Waals surface area contributed by atoms with Crippen molar-refractivity contribution in [3.63, 3.8) is 0 Å². The first-order chi connectivity index (χ1) is 14.4. The molecule has 1 atom stereocenters. The lowest BCUT2D eigenvalue weighted by Crippen LogP contribution is -3.05. The predicted molar refractivity (Wildman–Crippen MR) is 110 cm³/mol. The molecule has 0 radical (unpaired) electrons. The van der Waals surface area contributed by atoms with Crippen molar-refractivity contribution in [1.29, 1.82) is 0 Å². The van der Waals surface area contributed by atoms with Gasteiger partial charge < -0.3 is 24.1 Å². The lowest BCUT2D eigenvalue weighted by Gasteiger charge is -2.25. The zero-order valence-electron chi connectivity index (χ0n) is 17.2. The zero-order chi connectivity index (χ0) is 21.7. The number of quaternary nitrogens is 1. The van der Waals surface area contributed by atoms with Crippen molar-refractivity contribution >= 4 is 17.4 Å². The first-order valence-corrected chi connectivity index (χ1v) is 9.87. The molecule has 1 fully saturated rings. The van der Waals surface area contributed by atoms with Gasteiger partial charge in [-0.2, -0.15) is 0 Å². The van der Waals surface area contributed by atoms with Gasteiger partial charge in [0.15, 0.2) is 0 Å². The summed E-state index contributed by atoms with van der Waals surface area (Å²) in [6.45, 7) is 5.14. The fraction of sp³-hybridized carbons (Fsp3) is 0.304. The Morgan fingerprint density at radius 1 is 1.27 bits per heavy atom. The number of rotatable bonds is 9. The third-order valence-corrected chi connectivity index (χ3v) is 4.90. The van der Waals surface area contributed by atoms with Crippen molar-refractivity contribution in [2.45, 2.75) is 12.5 Å². The van der Waals surface area contributed by atoms with Gasteiger partial charge in [0.1, 0.15) is 24.2 Å². The number of ether oxygens (including phenoxy) is 1. The standard InChI is InChI=1S/C23H26N2O5/c1-4-14-29-17-10-8-16(9-11-17)21(26)19-20(18-7-5-15-30-18)25(23(28)22(19)27)13-6-12-24(2)3/h4-5,7-11,15,20,26H,1,6,12-14H2,2-3H3. The molecule has 158 valence electrons. The second kappa shape index (κ2) is 9.45. The van der Waals surface area contributed by atoms with Crippen LogP contribution in [0.4, 0.5) is 0 Å². The van der Waals surface area contributed by atoms with Gasteiger partial charge in [-0.3, -0.25) is 9.59 Å². The van der Waals surface area contributed by atoms with Crippen LogP contribution in [-0.2, 0) is 9.59 Å². The Hall–Kier alpha value is -3.32. The molecule has 3 rings (SSSR count). The summed E-state index contributed by atoms with van der Waals surface area (Å²) in [6.07, 6.45) is 3.80. The third-order valence-electron chi connectivity index (χ3n) is 4.90. The van der Waals surface area contributed by atoms with E-state index >= 15 is 0 Å². The van der Waals surface area contributed by atoms with E-state index in [1.807, 2.05) is 14.1 Å². The summed E-state index contributed by atoms with van der Waals surface area (Å²) in [7, 11) is 4.04. The minimum Gasteiger partial charge on any atom is -0.872 e. The van der Waals surface area contributed by atoms with Crippen LogP contribution in [0.3, 0.4) is 0 Å². The van der Waals surface area contributed by atoms with E-state index in [2.05, 4.69) is 6.58 Å². The van der Waals surface area contributed by atoms with Crippen molar-refractivity contribution in [3.05, 3.63) is 72.2 Å². The summed E-state index contributed by atoms with van der Waals surface area (Å²) in [6, 6.07) is 9.02. The second-order valence-electron chi connectivity index (χ2n) is 7.42. The average molecular weight is 410 g/mol. The molecule has 1 aromatic heterocycles. The highest BCUT2D eigenvalue weighted by Crippen LogP contribution is 2.38. The molecule has 1 saturated heterocycles. The van der Waals surface area contributed by atoms with Crippen LogP contribution in [0.2, 0.25) is 0 Å². The Morgan fingerprint density at radius 3 is 2.60 bits per heavy atom. The molecular formula is C23H26N2O5. The molecule has 1 N–H and O–H groups in total. The van der Waals surface area contributed by atoms with Crippen molar-refractivity contribution in [2.24, 2.45) is 0 Å². The Morgan fingerprint density at radius 2 is 2.00 bits per heavy atom. The first-order valence-electron chi connectivity index (χ1n) is 9.87. The van der Waals surface area contributed by atoms with E-state index in [1.54, 1.807) is 42.5 Å². The number of nitrogens with zero attached hydrogens (tertiary/aromatic N) is 1. The number of nitrogens with one attached hydrogen (secondary N) is 1. The summed E-state index contributed by atoms with van der Waals surface area (Å²) in [5, 5.41) is 13.2. The molecule has 7 heteroatoms. The molecule has 0 spiro atoms. The Bertz CT molecular complexity index is 929. The number of benzene rings is 1. The monoisotopic (exact) mass is 410 g/mol. The molecule has 1 amide bonds. The highest BCUT2D eigenvalue weighted by Gasteiger charge is 2.45. The summed E-state index contributed by atoms with van der Waals surface area (Å²) >= 11 is 0. The normalized spacial score (nSPS) is 18.2. The van der Waals surface area contributed by atoms with E-state index in [0.717, 1.165) is 6.54 Å². The second-order valence-corrected chi connectivity index (χ2v) is 7.42. The number of furan rings is 1. The number of Topliss-reactive ketones (excluding diaryl/α,β-unsaturated/α-hetero) is 1. The number of carbonyl (C=O) groups excluding carboxylic acids is 2. The third kappa shape index (κ3) is 4.46. The smallest absolute Gasteiger partial charge is 0.295 e. The lowest BCUT2D eigenvalue weighted by atomic mass is 9.99. The SMILES string of the molecule is C=CCOc1ccc(C([O-])=C2C(=O)C(=O)N(CCC[NH+](C)C)C2c2ccco2)cc1. The Labute approximate surface area is 175 Å². The molecule has 2 aromatic rings. The molecule has 1 aliphatic rings. The summed E-state index contributed by atoms with van der Waals surface area (Å²) < 4.78 is 10.9. The maximum absolute atomic E-state index is 13.2. The van der Waals surface area contributed by atoms with Crippen molar-refractivity contribution < 1.29 is 28.7 Å². The van der Waals surface area contributed by atoms with Crippen LogP contribution in [-0.4, -0.2) is 50.4 Å². The zero-order valence-corrected chi connectivity index (χ0v) is 17.2. The van der Waals surface area contributed by atoms with E-state index in [4.69, 9.17) is 9.15 Å². The summed E-state index contributed by atoms with van der Waals surface area (Å²) in [4.78, 5) is 28.2. The molecule has 1 unspecified atom stereocenters. The molecule has 1 aliphatic heterocycles. The molecule has 0 aliphatic carbocycles. The quantitative estimate of drug-likeness (QED) is 0.283. The van der Waals surface area contributed by atoms with Gasteiger partial charge in [0.25, 0.3) is 5.91 Å². The number of amides is 1. The molecule has 7 nitrogen and oxygen atoms in total. The van der Waals surface area contributed by atoms with Gasteiger partial charge in [0, 0.05) is 18.5 Å². The van der Waals surface area contributed by atoms with Gasteiger partial charge in [-0.1, -0.05) is 30.5 Å². The van der Waals surface area contributed by atoms with Crippen LogP contribution >= 0.6 is 0 Å². The van der Waals surface area contributed by atoms with Crippen molar-refractivity contribution in [1.82, 2.24) is 4.90 Å². The van der Waals surface area contributed by atoms with E-state index in [1.165, 1.54) is 16.1 Å². The number of hydrogen-bond acceptors (Lipinski definition) is 5. The van der Waals surface area contributed by atoms with Gasteiger partial charge in [-0.25, -0.2) is 0 Å². The maximum atomic E-state index is 13.2. The number of likely N-dealkylation sites (tertiary alicyclic amines) is 1. The summed E-state index contributed by atoms with van der Waals surface area (Å²) in [5.41, 5.74) is 0.236. The van der Waals surface area contributed by atoms with Gasteiger partial charge in [-0.15, -0.1) is 0 Å². The average Bonchev–Trinajstić information content (AvgIpc) is 3.34. The minimum atomic E-state index is -0.818. The van der Waals surface area contributed by atoms with E-state index in [-0.39, 0.29) is 5.57 Å². The number of carbonyl (C=O) groups is 2. The van der Waals surface area contributed by atoms with Crippen molar-refractivity contribution in [3.8, 4) is 5.75 Å². The minimum absolute atomic E-state index is 0.0769. The molecular weight excluding hydrogens is 384 g/mol. The van der Waals surface area contributed by atoms with Crippen LogP contribution in [0.15, 0.2) is 65.3 Å². The van der Waals surface area contributed by atoms with E-state index in [0.29, 0.717) is 36.6 Å². The Balaban J connectivity index is 1.96. The molecule has 2 heterocycles. The number of hydrogen-bond donors (Lipinski definition) is 1. The topological polar surface area (TPSA) is 87.2 Å². The van der Waals surface area contributed by atoms with Gasteiger partial charge >= 0.3 is 0 Å². The van der Waals surface area contributed by atoms with Crippen LogP contribution < -0.4 is 14.7 Å². The largest absolute Gasteiger partial charge is 0.872 e. The first kappa shape index (κ1) is 21.4. The molecule has 1 aromatic carbocycles. The van der Waals surface area contributed by atoms with Crippen LogP contribution in [0.25, 0.3) is 5.76 Å². The van der Waals surface area contributed by atoms with Gasteiger partial charge in [-0.05, 0) is 29.8 Å². The van der Waals surface area contributed by atoms with E-state index in [9.17, 15) is 14.7 Å². The molecule has 0 bridgehead atoms. The highest BCUT2D eigenvalue weighted by atomic mass is 16.5. The number of ketones is 1. The molecule has 0 saturated carbocycles. The van der Waals surface area contributed by atoms with Crippen molar-refractivity contribution in [2.75, 3.05) is 33.8 Å². The Kier molecular flexibility index (Phi) is 6.74. The van der Waals surface area contributed by atoms with Crippen LogP contribution in [0.5, 0.6) is 5.75 Å². The molecule has 30 heavy (non-hydrogen) atoms. The lowest BCUT2D eigenvalue weighted by molar-refractivity contribution is -0.858. The van der Waals surface area contributed by atoms with E-state index < -0.39 is 23.5 Å². The van der Waals surface area contributed by atoms with Crippen LogP contribution in [0, 0.1) is 0 Å². The maximum Gasteiger partial charge on any atom is 0.295 e.